The van der Waals surface area contributed by atoms with E-state index in [0.29, 0.717) is 5.58 Å². The van der Waals surface area contributed by atoms with Crippen molar-refractivity contribution in [2.24, 2.45) is 0 Å². The highest BCUT2D eigenvalue weighted by molar-refractivity contribution is 8.13. The first-order valence-electron chi connectivity index (χ1n) is 5.52. The normalized spacial score (nSPS) is 10.5. The predicted molar refractivity (Wildman–Crippen MR) is 72.5 cm³/mol. The molecule has 0 unspecified atom stereocenters. The lowest BCUT2D eigenvalue weighted by Gasteiger charge is -2.08. The van der Waals surface area contributed by atoms with E-state index >= 15 is 0 Å². The number of carbonyl (C=O) groups excluding carboxylic acids is 2. The molecule has 100 valence electrons. The molecule has 0 aliphatic heterocycles. The molecule has 0 saturated carbocycles. The van der Waals surface area contributed by atoms with Crippen LogP contribution in [0.25, 0.3) is 11.0 Å². The third-order valence-electron chi connectivity index (χ3n) is 2.44. The Labute approximate surface area is 114 Å². The molecule has 1 heterocycles. The van der Waals surface area contributed by atoms with Crippen molar-refractivity contribution in [3.63, 3.8) is 0 Å². The van der Waals surface area contributed by atoms with Crippen molar-refractivity contribution in [3.8, 4) is 0 Å². The molecule has 0 bridgehead atoms. The van der Waals surface area contributed by atoms with Gasteiger partial charge in [0.15, 0.2) is 0 Å². The summed E-state index contributed by atoms with van der Waals surface area (Å²) in [5.74, 6) is -0.367. The zero-order valence-electron chi connectivity index (χ0n) is 10.8. The van der Waals surface area contributed by atoms with E-state index in [2.05, 4.69) is 4.74 Å². The second-order valence-corrected chi connectivity index (χ2v) is 5.09. The fraction of sp³-hybridized carbons (Fsp3) is 0.231. The average molecular weight is 279 g/mol. The number of fused-ring (bicyclic) bond motifs is 1. The first-order chi connectivity index (χ1) is 9.01. The predicted octanol–water partition coefficient (Wildman–Crippen LogP) is 2.99. The van der Waals surface area contributed by atoms with Crippen molar-refractivity contribution in [1.82, 2.24) is 4.90 Å². The topological polar surface area (TPSA) is 59.8 Å². The van der Waals surface area contributed by atoms with Gasteiger partial charge in [0.25, 0.3) is 5.24 Å². The second-order valence-electron chi connectivity index (χ2n) is 4.06. The van der Waals surface area contributed by atoms with E-state index < -0.39 is 5.97 Å². The minimum Gasteiger partial charge on any atom is -0.463 e. The van der Waals surface area contributed by atoms with Crippen LogP contribution >= 0.6 is 11.8 Å². The molecule has 2 rings (SSSR count). The number of methoxy groups -OCH3 is 1. The van der Waals surface area contributed by atoms with E-state index in [1.807, 2.05) is 0 Å². The average Bonchev–Trinajstić information content (AvgIpc) is 2.80. The van der Waals surface area contributed by atoms with Crippen molar-refractivity contribution in [3.05, 3.63) is 30.0 Å². The van der Waals surface area contributed by atoms with Gasteiger partial charge in [-0.25, -0.2) is 4.79 Å². The van der Waals surface area contributed by atoms with Crippen molar-refractivity contribution in [1.29, 1.82) is 0 Å². The smallest absolute Gasteiger partial charge is 0.373 e. The van der Waals surface area contributed by atoms with Gasteiger partial charge >= 0.3 is 5.97 Å². The van der Waals surface area contributed by atoms with E-state index in [9.17, 15) is 9.59 Å². The molecule has 0 radical (unpaired) electrons. The minimum atomic E-state index is -0.519. The summed E-state index contributed by atoms with van der Waals surface area (Å²) in [6, 6.07) is 6.91. The number of thioether (sulfide) groups is 1. The number of esters is 1. The van der Waals surface area contributed by atoms with Crippen LogP contribution in [0.1, 0.15) is 10.6 Å². The highest BCUT2D eigenvalue weighted by Crippen LogP contribution is 2.27. The summed E-state index contributed by atoms with van der Waals surface area (Å²) in [5, 5.41) is 0.702. The molecule has 1 aromatic carbocycles. The van der Waals surface area contributed by atoms with E-state index in [4.69, 9.17) is 4.42 Å². The Kier molecular flexibility index (Phi) is 3.80. The third-order valence-corrected chi connectivity index (χ3v) is 3.47. The molecule has 0 atom stereocenters. The molecule has 2 aromatic rings. The maximum atomic E-state index is 11.6. The monoisotopic (exact) mass is 279 g/mol. The van der Waals surface area contributed by atoms with Crippen molar-refractivity contribution >= 4 is 33.9 Å². The summed E-state index contributed by atoms with van der Waals surface area (Å²) in [7, 11) is 4.69. The zero-order valence-corrected chi connectivity index (χ0v) is 11.6. The summed E-state index contributed by atoms with van der Waals surface area (Å²) < 4.78 is 9.94. The van der Waals surface area contributed by atoms with Gasteiger partial charge in [0.1, 0.15) is 5.58 Å². The molecule has 0 saturated heterocycles. The van der Waals surface area contributed by atoms with E-state index in [-0.39, 0.29) is 11.0 Å². The van der Waals surface area contributed by atoms with Gasteiger partial charge in [-0.3, -0.25) is 4.79 Å². The number of furan rings is 1. The van der Waals surface area contributed by atoms with Crippen LogP contribution in [0.3, 0.4) is 0 Å². The Morgan fingerprint density at radius 1 is 1.26 bits per heavy atom. The lowest BCUT2D eigenvalue weighted by atomic mass is 10.2. The van der Waals surface area contributed by atoms with Crippen LogP contribution in [0, 0.1) is 0 Å². The van der Waals surface area contributed by atoms with Crippen LogP contribution in [0.15, 0.2) is 33.6 Å². The zero-order chi connectivity index (χ0) is 14.0. The maximum absolute atomic E-state index is 11.6. The largest absolute Gasteiger partial charge is 0.463 e. The fourth-order valence-corrected chi connectivity index (χ4v) is 2.18. The molecule has 5 nitrogen and oxygen atoms in total. The summed E-state index contributed by atoms with van der Waals surface area (Å²) in [4.78, 5) is 25.3. The molecule has 6 heteroatoms. The Morgan fingerprint density at radius 2 is 2.00 bits per heavy atom. The molecule has 0 aliphatic carbocycles. The summed E-state index contributed by atoms with van der Waals surface area (Å²) in [6.45, 7) is 0. The standard InChI is InChI=1S/C13H13NO4S/c1-14(2)13(16)19-9-4-5-10-8(6-9)7-11(18-10)12(15)17-3/h4-7H,1-3H3. The van der Waals surface area contributed by atoms with Crippen LogP contribution in [-0.4, -0.2) is 37.3 Å². The van der Waals surface area contributed by atoms with Gasteiger partial charge in [0.2, 0.25) is 5.76 Å². The number of hydrogen-bond acceptors (Lipinski definition) is 5. The maximum Gasteiger partial charge on any atom is 0.373 e. The first kappa shape index (κ1) is 13.5. The second kappa shape index (κ2) is 5.36. The molecular weight excluding hydrogens is 266 g/mol. The minimum absolute atomic E-state index is 0.0592. The van der Waals surface area contributed by atoms with Gasteiger partial charge in [-0.05, 0) is 36.0 Å². The number of rotatable bonds is 2. The first-order valence-corrected chi connectivity index (χ1v) is 6.34. The molecule has 0 spiro atoms. The molecule has 19 heavy (non-hydrogen) atoms. The Morgan fingerprint density at radius 3 is 2.63 bits per heavy atom. The highest BCUT2D eigenvalue weighted by atomic mass is 32.2. The molecule has 1 aromatic heterocycles. The Balaban J connectivity index is 2.30. The lowest BCUT2D eigenvalue weighted by Crippen LogP contribution is -2.15. The van der Waals surface area contributed by atoms with Crippen molar-refractivity contribution in [2.45, 2.75) is 4.90 Å². The molecule has 1 amide bonds. The number of carbonyl (C=O) groups is 2. The summed E-state index contributed by atoms with van der Waals surface area (Å²) in [5.41, 5.74) is 0.585. The van der Waals surface area contributed by atoms with Gasteiger partial charge in [-0.1, -0.05) is 0 Å². The van der Waals surface area contributed by atoms with Gasteiger partial charge in [0, 0.05) is 24.4 Å². The third kappa shape index (κ3) is 2.90. The molecule has 0 fully saturated rings. The van der Waals surface area contributed by atoms with Gasteiger partial charge in [-0.2, -0.15) is 0 Å². The van der Waals surface area contributed by atoms with E-state index in [0.717, 1.165) is 22.0 Å². The van der Waals surface area contributed by atoms with Crippen LogP contribution in [-0.2, 0) is 4.74 Å². The van der Waals surface area contributed by atoms with Crippen molar-refractivity contribution in [2.75, 3.05) is 21.2 Å². The summed E-state index contributed by atoms with van der Waals surface area (Å²) >= 11 is 1.12. The molecule has 0 aliphatic rings. The van der Waals surface area contributed by atoms with Crippen molar-refractivity contribution < 1.29 is 18.7 Å². The number of amides is 1. The number of ether oxygens (including phenoxy) is 1. The van der Waals surface area contributed by atoms with Crippen LogP contribution < -0.4 is 0 Å². The fourth-order valence-electron chi connectivity index (χ4n) is 1.48. The Hall–Kier alpha value is -1.95. The SMILES string of the molecule is COC(=O)c1cc2cc(SC(=O)N(C)C)ccc2o1. The number of nitrogens with zero attached hydrogens (tertiary/aromatic N) is 1. The van der Waals surface area contributed by atoms with E-state index in [1.54, 1.807) is 38.4 Å². The molecule has 0 N–H and O–H groups in total. The van der Waals surface area contributed by atoms with Gasteiger partial charge in [0.05, 0.1) is 7.11 Å². The van der Waals surface area contributed by atoms with Crippen LogP contribution in [0.4, 0.5) is 4.79 Å². The lowest BCUT2D eigenvalue weighted by molar-refractivity contribution is 0.0567. The Bertz CT molecular complexity index is 633. The van der Waals surface area contributed by atoms with Crippen LogP contribution in [0.5, 0.6) is 0 Å². The van der Waals surface area contributed by atoms with Gasteiger partial charge in [-0.15, -0.1) is 0 Å². The number of benzene rings is 1. The van der Waals surface area contributed by atoms with E-state index in [1.165, 1.54) is 12.0 Å². The number of hydrogen-bond donors (Lipinski definition) is 0. The summed E-state index contributed by atoms with van der Waals surface area (Å²) in [6.07, 6.45) is 0. The van der Waals surface area contributed by atoms with Gasteiger partial charge < -0.3 is 14.1 Å². The molecular formula is C13H13NO4S. The highest BCUT2D eigenvalue weighted by Gasteiger charge is 2.13. The quantitative estimate of drug-likeness (QED) is 0.624. The van der Waals surface area contributed by atoms with Crippen LogP contribution in [0.2, 0.25) is 0 Å².